The zero-order chi connectivity index (χ0) is 13.9. The van der Waals surface area contributed by atoms with E-state index in [1.54, 1.807) is 6.07 Å². The molecule has 1 unspecified atom stereocenters. The Morgan fingerprint density at radius 2 is 2.10 bits per heavy atom. The number of hydrogen-bond acceptors (Lipinski definition) is 2. The minimum Gasteiger partial charge on any atom is -0.340 e. The molecule has 20 heavy (non-hydrogen) atoms. The van der Waals surface area contributed by atoms with Crippen molar-refractivity contribution in [3.63, 3.8) is 0 Å². The molecule has 3 heterocycles. The van der Waals surface area contributed by atoms with Gasteiger partial charge in [-0.3, -0.25) is 4.79 Å². The summed E-state index contributed by atoms with van der Waals surface area (Å²) < 4.78 is 16.2. The summed E-state index contributed by atoms with van der Waals surface area (Å²) in [4.78, 5) is 12.2. The molecule has 1 aromatic heterocycles. The predicted octanol–water partition coefficient (Wildman–Crippen LogP) is 2.62. The molecule has 0 radical (unpaired) electrons. The molecule has 0 amide bonds. The average molecular weight is 272 g/mol. The highest BCUT2D eigenvalue weighted by atomic mass is 19.1. The van der Waals surface area contributed by atoms with Gasteiger partial charge in [0.1, 0.15) is 5.82 Å². The second-order valence-corrected chi connectivity index (χ2v) is 5.87. The summed E-state index contributed by atoms with van der Waals surface area (Å²) in [5, 5.41) is 4.34. The standard InChI is InChI=1S/C16H17FN2O/c1-9-6-15(20)13-8-10(17)7-12-11-2-4-18-5-3-14(11)19(9)16(12)13/h7-9,18H,2-6H2,1H3. The Bertz CT molecular complexity index is 732. The molecule has 1 N–H and O–H groups in total. The summed E-state index contributed by atoms with van der Waals surface area (Å²) >= 11 is 0. The monoisotopic (exact) mass is 272 g/mol. The van der Waals surface area contributed by atoms with Crippen molar-refractivity contribution >= 4 is 16.7 Å². The van der Waals surface area contributed by atoms with Crippen molar-refractivity contribution < 1.29 is 9.18 Å². The van der Waals surface area contributed by atoms with Crippen molar-refractivity contribution in [2.45, 2.75) is 32.2 Å². The third kappa shape index (κ3) is 1.51. The van der Waals surface area contributed by atoms with Gasteiger partial charge in [-0.1, -0.05) is 0 Å². The van der Waals surface area contributed by atoms with Gasteiger partial charge in [-0.25, -0.2) is 4.39 Å². The third-order valence-corrected chi connectivity index (χ3v) is 4.59. The van der Waals surface area contributed by atoms with E-state index in [9.17, 15) is 9.18 Å². The van der Waals surface area contributed by atoms with E-state index >= 15 is 0 Å². The number of carbonyl (C=O) groups is 1. The summed E-state index contributed by atoms with van der Waals surface area (Å²) in [5.41, 5.74) is 4.05. The largest absolute Gasteiger partial charge is 0.340 e. The van der Waals surface area contributed by atoms with E-state index in [0.29, 0.717) is 12.0 Å². The van der Waals surface area contributed by atoms with E-state index < -0.39 is 0 Å². The van der Waals surface area contributed by atoms with E-state index in [-0.39, 0.29) is 17.6 Å². The van der Waals surface area contributed by atoms with Crippen LogP contribution >= 0.6 is 0 Å². The zero-order valence-electron chi connectivity index (χ0n) is 11.5. The molecular weight excluding hydrogens is 255 g/mol. The smallest absolute Gasteiger partial charge is 0.167 e. The fourth-order valence-electron chi connectivity index (χ4n) is 3.79. The van der Waals surface area contributed by atoms with Gasteiger partial charge in [-0.2, -0.15) is 0 Å². The number of benzene rings is 1. The number of carbonyl (C=O) groups excluding carboxylic acids is 1. The second-order valence-electron chi connectivity index (χ2n) is 5.87. The number of Topliss-reactive ketones (excluding diaryl/α,β-unsaturated/α-hetero) is 1. The first-order chi connectivity index (χ1) is 9.66. The predicted molar refractivity (Wildman–Crippen MR) is 75.8 cm³/mol. The van der Waals surface area contributed by atoms with Crippen LogP contribution in [-0.2, 0) is 12.8 Å². The van der Waals surface area contributed by atoms with Crippen molar-refractivity contribution in [3.8, 4) is 0 Å². The lowest BCUT2D eigenvalue weighted by Crippen LogP contribution is -2.22. The van der Waals surface area contributed by atoms with Crippen LogP contribution in [0.15, 0.2) is 12.1 Å². The van der Waals surface area contributed by atoms with Crippen LogP contribution in [0.5, 0.6) is 0 Å². The molecule has 0 saturated heterocycles. The van der Waals surface area contributed by atoms with Gasteiger partial charge in [0.2, 0.25) is 0 Å². The number of ketones is 1. The molecule has 4 heteroatoms. The van der Waals surface area contributed by atoms with Crippen molar-refractivity contribution in [3.05, 3.63) is 34.8 Å². The Morgan fingerprint density at radius 1 is 1.30 bits per heavy atom. The van der Waals surface area contributed by atoms with Gasteiger partial charge < -0.3 is 9.88 Å². The fourth-order valence-corrected chi connectivity index (χ4v) is 3.79. The number of fused-ring (bicyclic) bond motifs is 3. The normalized spacial score (nSPS) is 21.9. The van der Waals surface area contributed by atoms with Gasteiger partial charge in [0.15, 0.2) is 5.78 Å². The van der Waals surface area contributed by atoms with Crippen LogP contribution in [0.2, 0.25) is 0 Å². The molecule has 2 aliphatic heterocycles. The molecule has 0 aliphatic carbocycles. The maximum absolute atomic E-state index is 13.9. The number of hydrogen-bond donors (Lipinski definition) is 1. The van der Waals surface area contributed by atoms with Gasteiger partial charge in [0.25, 0.3) is 0 Å². The maximum atomic E-state index is 13.9. The van der Waals surface area contributed by atoms with Gasteiger partial charge >= 0.3 is 0 Å². The number of rotatable bonds is 0. The van der Waals surface area contributed by atoms with Crippen molar-refractivity contribution in [1.29, 1.82) is 0 Å². The van der Waals surface area contributed by atoms with E-state index in [1.807, 2.05) is 0 Å². The lowest BCUT2D eigenvalue weighted by Gasteiger charge is -2.24. The van der Waals surface area contributed by atoms with Gasteiger partial charge in [0.05, 0.1) is 5.52 Å². The van der Waals surface area contributed by atoms with Crippen LogP contribution in [0.1, 0.15) is 41.0 Å². The van der Waals surface area contributed by atoms with Crippen LogP contribution < -0.4 is 5.32 Å². The first kappa shape index (κ1) is 12.1. The Morgan fingerprint density at radius 3 is 2.95 bits per heavy atom. The minimum atomic E-state index is -0.299. The molecule has 0 spiro atoms. The summed E-state index contributed by atoms with van der Waals surface area (Å²) in [7, 11) is 0. The molecule has 2 aliphatic rings. The van der Waals surface area contributed by atoms with Crippen LogP contribution in [0.25, 0.3) is 10.9 Å². The van der Waals surface area contributed by atoms with E-state index in [1.165, 1.54) is 17.3 Å². The molecular formula is C16H17FN2O. The van der Waals surface area contributed by atoms with E-state index in [2.05, 4.69) is 16.8 Å². The summed E-state index contributed by atoms with van der Waals surface area (Å²) in [6.45, 7) is 3.95. The molecule has 3 nitrogen and oxygen atoms in total. The Hall–Kier alpha value is -1.68. The van der Waals surface area contributed by atoms with Crippen LogP contribution in [0.3, 0.4) is 0 Å². The first-order valence-corrected chi connectivity index (χ1v) is 7.26. The van der Waals surface area contributed by atoms with Crippen LogP contribution in [0, 0.1) is 5.82 Å². The number of halogens is 1. The lowest BCUT2D eigenvalue weighted by molar-refractivity contribution is 0.0960. The molecule has 1 atom stereocenters. The molecule has 0 saturated carbocycles. The Kier molecular flexibility index (Phi) is 2.51. The third-order valence-electron chi connectivity index (χ3n) is 4.59. The second kappa shape index (κ2) is 4.16. The molecule has 0 fully saturated rings. The minimum absolute atomic E-state index is 0.0697. The molecule has 1 aromatic carbocycles. The maximum Gasteiger partial charge on any atom is 0.167 e. The van der Waals surface area contributed by atoms with Gasteiger partial charge in [-0.15, -0.1) is 0 Å². The number of nitrogens with zero attached hydrogens (tertiary/aromatic N) is 1. The SMILES string of the molecule is CC1CC(=O)c2cc(F)cc3c4c(n1c23)CCNCC4. The summed E-state index contributed by atoms with van der Waals surface area (Å²) in [6.07, 6.45) is 2.33. The van der Waals surface area contributed by atoms with Crippen molar-refractivity contribution in [1.82, 2.24) is 9.88 Å². The fraction of sp³-hybridized carbons (Fsp3) is 0.438. The van der Waals surface area contributed by atoms with E-state index in [4.69, 9.17) is 0 Å². The summed E-state index contributed by atoms with van der Waals surface area (Å²) in [5.74, 6) is -0.229. The summed E-state index contributed by atoms with van der Waals surface area (Å²) in [6, 6.07) is 3.18. The number of aromatic nitrogens is 1. The molecule has 4 rings (SSSR count). The lowest BCUT2D eigenvalue weighted by atomic mass is 9.97. The molecule has 0 bridgehead atoms. The van der Waals surface area contributed by atoms with E-state index in [0.717, 1.165) is 36.8 Å². The van der Waals surface area contributed by atoms with Crippen LogP contribution in [-0.4, -0.2) is 23.4 Å². The highest BCUT2D eigenvalue weighted by Gasteiger charge is 2.30. The first-order valence-electron chi connectivity index (χ1n) is 7.26. The highest BCUT2D eigenvalue weighted by molar-refractivity contribution is 6.09. The van der Waals surface area contributed by atoms with Crippen molar-refractivity contribution in [2.24, 2.45) is 0 Å². The molecule has 2 aromatic rings. The highest BCUT2D eigenvalue weighted by Crippen LogP contribution is 2.38. The Balaban J connectivity index is 2.15. The zero-order valence-corrected chi connectivity index (χ0v) is 11.5. The quantitative estimate of drug-likeness (QED) is 0.800. The average Bonchev–Trinajstić information content (AvgIpc) is 2.58. The van der Waals surface area contributed by atoms with Crippen LogP contribution in [0.4, 0.5) is 4.39 Å². The molecule has 104 valence electrons. The van der Waals surface area contributed by atoms with Crippen molar-refractivity contribution in [2.75, 3.05) is 13.1 Å². The van der Waals surface area contributed by atoms with Gasteiger partial charge in [0, 0.05) is 42.1 Å². The topological polar surface area (TPSA) is 34.0 Å². The Labute approximate surface area is 116 Å². The van der Waals surface area contributed by atoms with Gasteiger partial charge in [-0.05, 0) is 37.6 Å². The number of nitrogens with one attached hydrogen (secondary N) is 1.